The number of ketones is 1. The molecule has 0 heterocycles. The van der Waals surface area contributed by atoms with Crippen LogP contribution in [0, 0.1) is 0 Å². The highest BCUT2D eigenvalue weighted by molar-refractivity contribution is 6.09. The molecule has 0 fully saturated rings. The molecule has 0 radical (unpaired) electrons. The van der Waals surface area contributed by atoms with Gasteiger partial charge in [-0.2, -0.15) is 0 Å². The van der Waals surface area contributed by atoms with Gasteiger partial charge in [0, 0.05) is 11.1 Å². The molecule has 0 aromatic heterocycles. The number of carbonyl (C=O) groups excluding carboxylic acids is 2. The zero-order valence-electron chi connectivity index (χ0n) is 12.2. The van der Waals surface area contributed by atoms with E-state index < -0.39 is 0 Å². The molecule has 0 amide bonds. The predicted octanol–water partition coefficient (Wildman–Crippen LogP) is 3.58. The fraction of sp³-hybridized carbons (Fsp3) is 0.222. The Morgan fingerprint density at radius 3 is 2.29 bits per heavy atom. The third-order valence-corrected chi connectivity index (χ3v) is 3.48. The summed E-state index contributed by atoms with van der Waals surface area (Å²) < 4.78 is 4.82. The number of ether oxygens (including phenoxy) is 1. The van der Waals surface area contributed by atoms with Crippen molar-refractivity contribution in [3.05, 3.63) is 71.3 Å². The van der Waals surface area contributed by atoms with Gasteiger partial charge in [0.25, 0.3) is 0 Å². The lowest BCUT2D eigenvalue weighted by molar-refractivity contribution is -0.142. The fourth-order valence-corrected chi connectivity index (χ4v) is 2.33. The minimum absolute atomic E-state index is 0.0443. The average molecular weight is 282 g/mol. The second-order valence-corrected chi connectivity index (χ2v) is 4.80. The third-order valence-electron chi connectivity index (χ3n) is 3.48. The van der Waals surface area contributed by atoms with Crippen LogP contribution in [0.2, 0.25) is 0 Å². The molecule has 3 heteroatoms. The van der Waals surface area contributed by atoms with E-state index in [-0.39, 0.29) is 17.7 Å². The van der Waals surface area contributed by atoms with Crippen LogP contribution in [0.25, 0.3) is 0 Å². The van der Waals surface area contributed by atoms with Crippen molar-refractivity contribution >= 4 is 11.8 Å². The van der Waals surface area contributed by atoms with Gasteiger partial charge in [-0.1, -0.05) is 55.5 Å². The molecule has 0 bridgehead atoms. The van der Waals surface area contributed by atoms with Crippen molar-refractivity contribution in [3.8, 4) is 0 Å². The summed E-state index contributed by atoms with van der Waals surface area (Å²) in [5, 5.41) is 0. The predicted molar refractivity (Wildman–Crippen MR) is 81.4 cm³/mol. The van der Waals surface area contributed by atoms with Gasteiger partial charge in [0.05, 0.1) is 13.0 Å². The Hall–Kier alpha value is -2.42. The standard InChI is InChI=1S/C18H18O3/c1-3-16(18(20)21-2)14-10-7-11-15(12-14)17(19)13-8-5-4-6-9-13/h4-12,16H,3H2,1-2H3. The summed E-state index contributed by atoms with van der Waals surface area (Å²) in [6.45, 7) is 1.92. The molecule has 2 rings (SSSR count). The number of rotatable bonds is 5. The van der Waals surface area contributed by atoms with Crippen LogP contribution in [-0.4, -0.2) is 18.9 Å². The van der Waals surface area contributed by atoms with E-state index in [1.165, 1.54) is 7.11 Å². The highest BCUT2D eigenvalue weighted by Gasteiger charge is 2.20. The molecule has 0 saturated carbocycles. The summed E-state index contributed by atoms with van der Waals surface area (Å²) in [5.41, 5.74) is 2.04. The molecule has 0 aliphatic carbocycles. The van der Waals surface area contributed by atoms with Crippen molar-refractivity contribution in [2.45, 2.75) is 19.3 Å². The van der Waals surface area contributed by atoms with Crippen LogP contribution in [-0.2, 0) is 9.53 Å². The van der Waals surface area contributed by atoms with Crippen LogP contribution in [0.5, 0.6) is 0 Å². The molecule has 3 nitrogen and oxygen atoms in total. The van der Waals surface area contributed by atoms with Crippen molar-refractivity contribution in [2.75, 3.05) is 7.11 Å². The largest absolute Gasteiger partial charge is 0.469 e. The quantitative estimate of drug-likeness (QED) is 0.622. The van der Waals surface area contributed by atoms with Crippen LogP contribution in [0.1, 0.15) is 40.7 Å². The summed E-state index contributed by atoms with van der Waals surface area (Å²) >= 11 is 0. The second-order valence-electron chi connectivity index (χ2n) is 4.80. The van der Waals surface area contributed by atoms with Gasteiger partial charge in [-0.15, -0.1) is 0 Å². The number of methoxy groups -OCH3 is 1. The molecule has 108 valence electrons. The van der Waals surface area contributed by atoms with Crippen molar-refractivity contribution in [2.24, 2.45) is 0 Å². The van der Waals surface area contributed by atoms with Gasteiger partial charge in [-0.25, -0.2) is 0 Å². The monoisotopic (exact) mass is 282 g/mol. The third kappa shape index (κ3) is 3.37. The van der Waals surface area contributed by atoms with Crippen molar-refractivity contribution in [3.63, 3.8) is 0 Å². The lowest BCUT2D eigenvalue weighted by atomic mass is 9.93. The van der Waals surface area contributed by atoms with E-state index >= 15 is 0 Å². The minimum atomic E-state index is -0.335. The minimum Gasteiger partial charge on any atom is -0.469 e. The first-order valence-corrected chi connectivity index (χ1v) is 6.95. The average Bonchev–Trinajstić information content (AvgIpc) is 2.55. The Morgan fingerprint density at radius 2 is 1.67 bits per heavy atom. The fourth-order valence-electron chi connectivity index (χ4n) is 2.33. The molecule has 0 aliphatic heterocycles. The highest BCUT2D eigenvalue weighted by atomic mass is 16.5. The molecule has 2 aromatic rings. The van der Waals surface area contributed by atoms with Crippen LogP contribution in [0.4, 0.5) is 0 Å². The van der Waals surface area contributed by atoms with Crippen LogP contribution in [0.15, 0.2) is 54.6 Å². The zero-order chi connectivity index (χ0) is 15.2. The van der Waals surface area contributed by atoms with Gasteiger partial charge in [0.2, 0.25) is 0 Å². The van der Waals surface area contributed by atoms with Gasteiger partial charge in [0.1, 0.15) is 0 Å². The van der Waals surface area contributed by atoms with Gasteiger partial charge < -0.3 is 4.74 Å². The van der Waals surface area contributed by atoms with E-state index in [9.17, 15) is 9.59 Å². The van der Waals surface area contributed by atoms with Crippen molar-refractivity contribution < 1.29 is 14.3 Å². The number of hydrogen-bond donors (Lipinski definition) is 0. The summed E-state index contributed by atoms with van der Waals surface area (Å²) in [6.07, 6.45) is 0.635. The van der Waals surface area contributed by atoms with Crippen LogP contribution >= 0.6 is 0 Å². The van der Waals surface area contributed by atoms with Crippen LogP contribution < -0.4 is 0 Å². The molecule has 1 atom stereocenters. The van der Waals surface area contributed by atoms with E-state index in [1.54, 1.807) is 30.3 Å². The van der Waals surface area contributed by atoms with Gasteiger partial charge in [-0.3, -0.25) is 9.59 Å². The number of hydrogen-bond acceptors (Lipinski definition) is 3. The maximum absolute atomic E-state index is 12.4. The Bertz CT molecular complexity index is 632. The molecule has 0 N–H and O–H groups in total. The number of esters is 1. The molecule has 0 saturated heterocycles. The maximum Gasteiger partial charge on any atom is 0.313 e. The second kappa shape index (κ2) is 6.84. The van der Waals surface area contributed by atoms with Crippen LogP contribution in [0.3, 0.4) is 0 Å². The molecule has 2 aromatic carbocycles. The lowest BCUT2D eigenvalue weighted by Gasteiger charge is -2.13. The van der Waals surface area contributed by atoms with E-state index in [2.05, 4.69) is 0 Å². The van der Waals surface area contributed by atoms with E-state index in [1.807, 2.05) is 31.2 Å². The Morgan fingerprint density at radius 1 is 1.00 bits per heavy atom. The first kappa shape index (κ1) is 15.0. The normalized spacial score (nSPS) is 11.7. The topological polar surface area (TPSA) is 43.4 Å². The molecule has 21 heavy (non-hydrogen) atoms. The van der Waals surface area contributed by atoms with Gasteiger partial charge >= 0.3 is 5.97 Å². The highest BCUT2D eigenvalue weighted by Crippen LogP contribution is 2.23. The van der Waals surface area contributed by atoms with Gasteiger partial charge in [-0.05, 0) is 18.1 Å². The van der Waals surface area contributed by atoms with E-state index in [0.29, 0.717) is 17.5 Å². The first-order valence-electron chi connectivity index (χ1n) is 6.95. The first-order chi connectivity index (χ1) is 10.2. The Kier molecular flexibility index (Phi) is 4.88. The summed E-state index contributed by atoms with van der Waals surface area (Å²) in [7, 11) is 1.38. The maximum atomic E-state index is 12.4. The molecule has 0 spiro atoms. The molecule has 0 aliphatic rings. The summed E-state index contributed by atoms with van der Waals surface area (Å²) in [6, 6.07) is 16.3. The summed E-state index contributed by atoms with van der Waals surface area (Å²) in [5.74, 6) is -0.655. The summed E-state index contributed by atoms with van der Waals surface area (Å²) in [4.78, 5) is 24.2. The molecular formula is C18H18O3. The Labute approximate surface area is 124 Å². The zero-order valence-corrected chi connectivity index (χ0v) is 12.2. The molecule has 1 unspecified atom stereocenters. The smallest absolute Gasteiger partial charge is 0.313 e. The Balaban J connectivity index is 2.33. The number of benzene rings is 2. The van der Waals surface area contributed by atoms with Crippen molar-refractivity contribution in [1.29, 1.82) is 0 Å². The van der Waals surface area contributed by atoms with Gasteiger partial charge in [0.15, 0.2) is 5.78 Å². The van der Waals surface area contributed by atoms with E-state index in [4.69, 9.17) is 4.74 Å². The SMILES string of the molecule is CCC(C(=O)OC)c1cccc(C(=O)c2ccccc2)c1. The van der Waals surface area contributed by atoms with Crippen molar-refractivity contribution in [1.82, 2.24) is 0 Å². The van der Waals surface area contributed by atoms with E-state index in [0.717, 1.165) is 5.56 Å². The lowest BCUT2D eigenvalue weighted by Crippen LogP contribution is -2.14. The number of carbonyl (C=O) groups is 2. The molecular weight excluding hydrogens is 264 g/mol.